The average Bonchev–Trinajstić information content (AvgIpc) is 3.08. The minimum absolute atomic E-state index is 0.0441. The Kier molecular flexibility index (Phi) is 5.59. The molecule has 0 saturated carbocycles. The number of carbonyl (C=O) groups is 1. The van der Waals surface area contributed by atoms with Gasteiger partial charge in [0.15, 0.2) is 0 Å². The highest BCUT2D eigenvalue weighted by atomic mass is 32.1. The van der Waals surface area contributed by atoms with Crippen molar-refractivity contribution in [2.45, 2.75) is 39.2 Å². The van der Waals surface area contributed by atoms with Crippen molar-refractivity contribution in [2.24, 2.45) is 0 Å². The van der Waals surface area contributed by atoms with E-state index >= 15 is 0 Å². The molecule has 24 heavy (non-hydrogen) atoms. The second kappa shape index (κ2) is 8.06. The second-order valence-corrected chi connectivity index (χ2v) is 6.88. The molecule has 1 amide bonds. The molecule has 0 spiro atoms. The SMILES string of the molecule is CCCCCc1ccc(CNC(=O)c2ccc3ncsc3c2)cc1. The van der Waals surface area contributed by atoms with E-state index in [1.807, 2.05) is 18.2 Å². The molecule has 0 atom stereocenters. The standard InChI is InChI=1S/C20H22N2OS/c1-2-3-4-5-15-6-8-16(9-7-15)13-21-20(23)17-10-11-18-19(12-17)24-14-22-18/h6-12,14H,2-5,13H2,1H3,(H,21,23). The molecule has 0 saturated heterocycles. The fourth-order valence-electron chi connectivity index (χ4n) is 2.68. The lowest BCUT2D eigenvalue weighted by Gasteiger charge is -2.07. The lowest BCUT2D eigenvalue weighted by Crippen LogP contribution is -2.22. The molecule has 124 valence electrons. The Balaban J connectivity index is 1.55. The van der Waals surface area contributed by atoms with Gasteiger partial charge in [0, 0.05) is 12.1 Å². The summed E-state index contributed by atoms with van der Waals surface area (Å²) < 4.78 is 1.04. The highest BCUT2D eigenvalue weighted by Crippen LogP contribution is 2.19. The van der Waals surface area contributed by atoms with Gasteiger partial charge < -0.3 is 5.32 Å². The summed E-state index contributed by atoms with van der Waals surface area (Å²) in [4.78, 5) is 16.5. The molecule has 0 radical (unpaired) electrons. The zero-order valence-electron chi connectivity index (χ0n) is 13.9. The number of rotatable bonds is 7. The van der Waals surface area contributed by atoms with Crippen LogP contribution in [0.4, 0.5) is 0 Å². The van der Waals surface area contributed by atoms with Crippen molar-refractivity contribution >= 4 is 27.5 Å². The monoisotopic (exact) mass is 338 g/mol. The zero-order chi connectivity index (χ0) is 16.8. The molecule has 2 aromatic carbocycles. The summed E-state index contributed by atoms with van der Waals surface area (Å²) in [5.74, 6) is -0.0441. The van der Waals surface area contributed by atoms with Crippen LogP contribution in [0.2, 0.25) is 0 Å². The number of aromatic nitrogens is 1. The maximum Gasteiger partial charge on any atom is 0.251 e. The summed E-state index contributed by atoms with van der Waals surface area (Å²) in [6, 6.07) is 14.2. The molecule has 0 aliphatic rings. The molecule has 0 aliphatic carbocycles. The fraction of sp³-hybridized carbons (Fsp3) is 0.300. The molecule has 4 heteroatoms. The molecule has 0 fully saturated rings. The van der Waals surface area contributed by atoms with Crippen molar-refractivity contribution in [3.63, 3.8) is 0 Å². The number of nitrogens with zero attached hydrogens (tertiary/aromatic N) is 1. The first kappa shape index (κ1) is 16.7. The summed E-state index contributed by atoms with van der Waals surface area (Å²) in [6.45, 7) is 2.77. The lowest BCUT2D eigenvalue weighted by atomic mass is 10.1. The van der Waals surface area contributed by atoms with Crippen molar-refractivity contribution in [3.8, 4) is 0 Å². The Hall–Kier alpha value is -2.20. The Morgan fingerprint density at radius 2 is 1.88 bits per heavy atom. The summed E-state index contributed by atoms with van der Waals surface area (Å²) in [7, 11) is 0. The Bertz CT molecular complexity index is 808. The van der Waals surface area contributed by atoms with E-state index in [1.165, 1.54) is 24.8 Å². The van der Waals surface area contributed by atoms with E-state index in [0.717, 1.165) is 22.2 Å². The first-order valence-electron chi connectivity index (χ1n) is 8.45. The van der Waals surface area contributed by atoms with Gasteiger partial charge in [-0.3, -0.25) is 4.79 Å². The smallest absolute Gasteiger partial charge is 0.251 e. The third kappa shape index (κ3) is 4.20. The van der Waals surface area contributed by atoms with E-state index in [-0.39, 0.29) is 5.91 Å². The second-order valence-electron chi connectivity index (χ2n) is 5.99. The van der Waals surface area contributed by atoms with Gasteiger partial charge in [-0.1, -0.05) is 44.0 Å². The quantitative estimate of drug-likeness (QED) is 0.619. The van der Waals surface area contributed by atoms with Crippen LogP contribution in [0.5, 0.6) is 0 Å². The number of fused-ring (bicyclic) bond motifs is 1. The molecule has 3 rings (SSSR count). The van der Waals surface area contributed by atoms with Gasteiger partial charge in [-0.15, -0.1) is 11.3 Å². The molecule has 0 aliphatic heterocycles. The van der Waals surface area contributed by atoms with Gasteiger partial charge in [-0.2, -0.15) is 0 Å². The van der Waals surface area contributed by atoms with Gasteiger partial charge in [-0.25, -0.2) is 4.98 Å². The van der Waals surface area contributed by atoms with Crippen molar-refractivity contribution in [3.05, 3.63) is 64.7 Å². The minimum atomic E-state index is -0.0441. The van der Waals surface area contributed by atoms with Crippen LogP contribution in [-0.4, -0.2) is 10.9 Å². The van der Waals surface area contributed by atoms with E-state index in [0.29, 0.717) is 12.1 Å². The van der Waals surface area contributed by atoms with Gasteiger partial charge in [-0.05, 0) is 42.2 Å². The van der Waals surface area contributed by atoms with E-state index in [2.05, 4.69) is 41.5 Å². The summed E-state index contributed by atoms with van der Waals surface area (Å²) in [6.07, 6.45) is 4.90. The first-order chi connectivity index (χ1) is 11.8. The number of carbonyl (C=O) groups excluding carboxylic acids is 1. The normalized spacial score (nSPS) is 10.9. The summed E-state index contributed by atoms with van der Waals surface area (Å²) >= 11 is 1.55. The number of hydrogen-bond acceptors (Lipinski definition) is 3. The molecule has 0 unspecified atom stereocenters. The third-order valence-electron chi connectivity index (χ3n) is 4.14. The van der Waals surface area contributed by atoms with Gasteiger partial charge in [0.1, 0.15) is 0 Å². The first-order valence-corrected chi connectivity index (χ1v) is 9.33. The van der Waals surface area contributed by atoms with Crippen molar-refractivity contribution in [2.75, 3.05) is 0 Å². The zero-order valence-corrected chi connectivity index (χ0v) is 14.7. The largest absolute Gasteiger partial charge is 0.348 e. The molecule has 0 bridgehead atoms. The van der Waals surface area contributed by atoms with Crippen LogP contribution in [0, 0.1) is 0 Å². The van der Waals surface area contributed by atoms with Crippen molar-refractivity contribution in [1.82, 2.24) is 10.3 Å². The van der Waals surface area contributed by atoms with Crippen LogP contribution < -0.4 is 5.32 Å². The molecule has 1 N–H and O–H groups in total. The Morgan fingerprint density at radius 3 is 2.67 bits per heavy atom. The topological polar surface area (TPSA) is 42.0 Å². The molecule has 3 nitrogen and oxygen atoms in total. The molecular formula is C20H22N2OS. The fourth-order valence-corrected chi connectivity index (χ4v) is 3.40. The third-order valence-corrected chi connectivity index (χ3v) is 4.93. The van der Waals surface area contributed by atoms with Crippen LogP contribution in [-0.2, 0) is 13.0 Å². The number of benzene rings is 2. The summed E-state index contributed by atoms with van der Waals surface area (Å²) in [5.41, 5.74) is 5.92. The lowest BCUT2D eigenvalue weighted by molar-refractivity contribution is 0.0951. The number of hydrogen-bond donors (Lipinski definition) is 1. The van der Waals surface area contributed by atoms with E-state index < -0.39 is 0 Å². The number of unbranched alkanes of at least 4 members (excludes halogenated alkanes) is 2. The molecule has 1 aromatic heterocycles. The van der Waals surface area contributed by atoms with Crippen molar-refractivity contribution in [1.29, 1.82) is 0 Å². The van der Waals surface area contributed by atoms with Gasteiger partial charge >= 0.3 is 0 Å². The summed E-state index contributed by atoms with van der Waals surface area (Å²) in [5, 5.41) is 2.99. The van der Waals surface area contributed by atoms with Gasteiger partial charge in [0.05, 0.1) is 15.7 Å². The number of thiazole rings is 1. The van der Waals surface area contributed by atoms with Crippen LogP contribution in [0.1, 0.15) is 47.7 Å². The van der Waals surface area contributed by atoms with Gasteiger partial charge in [0.2, 0.25) is 0 Å². The van der Waals surface area contributed by atoms with E-state index in [1.54, 1.807) is 16.8 Å². The van der Waals surface area contributed by atoms with E-state index in [9.17, 15) is 4.79 Å². The number of aryl methyl sites for hydroxylation is 1. The molecule has 1 heterocycles. The molecule has 3 aromatic rings. The predicted octanol–water partition coefficient (Wildman–Crippen LogP) is 4.96. The van der Waals surface area contributed by atoms with Crippen LogP contribution in [0.25, 0.3) is 10.2 Å². The predicted molar refractivity (Wildman–Crippen MR) is 100 cm³/mol. The highest BCUT2D eigenvalue weighted by molar-refractivity contribution is 7.16. The maximum absolute atomic E-state index is 12.3. The van der Waals surface area contributed by atoms with Crippen molar-refractivity contribution < 1.29 is 4.79 Å². The van der Waals surface area contributed by atoms with Crippen LogP contribution in [0.15, 0.2) is 48.0 Å². The van der Waals surface area contributed by atoms with Gasteiger partial charge in [0.25, 0.3) is 5.91 Å². The minimum Gasteiger partial charge on any atom is -0.348 e. The van der Waals surface area contributed by atoms with Crippen LogP contribution in [0.3, 0.4) is 0 Å². The van der Waals surface area contributed by atoms with E-state index in [4.69, 9.17) is 0 Å². The van der Waals surface area contributed by atoms with Crippen LogP contribution >= 0.6 is 11.3 Å². The Labute approximate surface area is 146 Å². The average molecular weight is 338 g/mol. The maximum atomic E-state index is 12.3. The molecular weight excluding hydrogens is 316 g/mol. The number of nitrogens with one attached hydrogen (secondary N) is 1. The number of amides is 1. The highest BCUT2D eigenvalue weighted by Gasteiger charge is 2.07. The Morgan fingerprint density at radius 1 is 1.08 bits per heavy atom.